The molecule has 2 aliphatic heterocycles. The van der Waals surface area contributed by atoms with Crippen LogP contribution in [0.15, 0.2) is 39.5 Å². The fraction of sp³-hybridized carbons (Fsp3) is 0.524. The Balaban J connectivity index is 1.49. The lowest BCUT2D eigenvalue weighted by atomic mass is 10.0. The van der Waals surface area contributed by atoms with Crippen molar-refractivity contribution >= 4 is 34.5 Å². The van der Waals surface area contributed by atoms with E-state index in [9.17, 15) is 9.90 Å². The van der Waals surface area contributed by atoms with Gasteiger partial charge in [-0.25, -0.2) is 0 Å². The van der Waals surface area contributed by atoms with Gasteiger partial charge >= 0.3 is 0 Å². The van der Waals surface area contributed by atoms with Crippen LogP contribution in [-0.4, -0.2) is 70.2 Å². The maximum Gasteiger partial charge on any atom is 0.238 e. The van der Waals surface area contributed by atoms with E-state index in [1.54, 1.807) is 23.9 Å². The van der Waals surface area contributed by atoms with Crippen LogP contribution in [0.3, 0.4) is 0 Å². The Bertz CT molecular complexity index is 861. The molecule has 1 fully saturated rings. The second kappa shape index (κ2) is 10.3. The van der Waals surface area contributed by atoms with E-state index >= 15 is 0 Å². The van der Waals surface area contributed by atoms with E-state index < -0.39 is 0 Å². The number of phenolic OH excluding ortho intramolecular Hbond substituents is 1. The molecule has 0 bridgehead atoms. The van der Waals surface area contributed by atoms with Crippen LogP contribution in [0.1, 0.15) is 24.8 Å². The lowest BCUT2D eigenvalue weighted by Crippen LogP contribution is -2.46. The van der Waals surface area contributed by atoms with Gasteiger partial charge in [0.1, 0.15) is 10.8 Å². The number of carbonyl (C=O) groups is 1. The van der Waals surface area contributed by atoms with Crippen LogP contribution in [0, 0.1) is 12.3 Å². The van der Waals surface area contributed by atoms with E-state index in [1.165, 1.54) is 11.8 Å². The highest BCUT2D eigenvalue weighted by Gasteiger charge is 2.40. The Morgan fingerprint density at radius 3 is 2.90 bits per heavy atom. The first-order chi connectivity index (χ1) is 14.5. The number of hydrogen-bond acceptors (Lipinski definition) is 8. The molecule has 1 aromatic rings. The fourth-order valence-electron chi connectivity index (χ4n) is 3.33. The molecule has 0 saturated carbocycles. The van der Waals surface area contributed by atoms with Gasteiger partial charge in [0.15, 0.2) is 5.66 Å². The number of terminal acetylenes is 1. The van der Waals surface area contributed by atoms with Crippen molar-refractivity contribution in [2.75, 3.05) is 32.1 Å². The first-order valence-electron chi connectivity index (χ1n) is 9.85. The highest BCUT2D eigenvalue weighted by Crippen LogP contribution is 2.36. The topological polar surface area (TPSA) is 89.6 Å². The molecule has 9 heteroatoms. The van der Waals surface area contributed by atoms with E-state index in [1.807, 2.05) is 25.4 Å². The number of para-hydroxylation sites is 1. The average Bonchev–Trinajstić information content (AvgIpc) is 3.42. The minimum atomic E-state index is -0.371. The third-order valence-electron chi connectivity index (χ3n) is 5.29. The quantitative estimate of drug-likeness (QED) is 0.347. The number of carbonyl (C=O) groups excluding carboxylic acids is 1. The van der Waals surface area contributed by atoms with E-state index in [2.05, 4.69) is 26.4 Å². The number of rotatable bonds is 9. The number of aliphatic imine (C=N–C) groups is 1. The van der Waals surface area contributed by atoms with Gasteiger partial charge in [0.2, 0.25) is 5.91 Å². The van der Waals surface area contributed by atoms with Crippen molar-refractivity contribution in [3.05, 3.63) is 29.8 Å². The Morgan fingerprint density at radius 1 is 1.47 bits per heavy atom. The number of aromatic hydroxyl groups is 1. The minimum absolute atomic E-state index is 0.0232. The van der Waals surface area contributed by atoms with Crippen molar-refractivity contribution in [1.29, 1.82) is 0 Å². The summed E-state index contributed by atoms with van der Waals surface area (Å²) in [6.45, 7) is 1.10. The SMILES string of the molecule is C#CCCC1(CCNC(=O)[C@H]2CS[C@H](C/N=C(\SC)c3ccccc3O)N2C)N=N1. The van der Waals surface area contributed by atoms with Gasteiger partial charge in [-0.2, -0.15) is 10.2 Å². The maximum absolute atomic E-state index is 12.6. The Hall–Kier alpha value is -2.02. The van der Waals surface area contributed by atoms with Crippen LogP contribution in [0.5, 0.6) is 5.75 Å². The Labute approximate surface area is 186 Å². The van der Waals surface area contributed by atoms with E-state index in [0.717, 1.165) is 22.8 Å². The van der Waals surface area contributed by atoms with E-state index in [0.29, 0.717) is 25.9 Å². The molecular weight excluding hydrogens is 418 g/mol. The lowest BCUT2D eigenvalue weighted by Gasteiger charge is -2.23. The molecule has 160 valence electrons. The molecule has 7 nitrogen and oxygen atoms in total. The minimum Gasteiger partial charge on any atom is -0.507 e. The Kier molecular flexibility index (Phi) is 7.81. The number of hydrogen-bond donors (Lipinski definition) is 2. The van der Waals surface area contributed by atoms with Crippen LogP contribution in [0.4, 0.5) is 0 Å². The lowest BCUT2D eigenvalue weighted by molar-refractivity contribution is -0.125. The summed E-state index contributed by atoms with van der Waals surface area (Å²) in [5.74, 6) is 3.59. The maximum atomic E-state index is 12.6. The number of amides is 1. The fourth-order valence-corrected chi connectivity index (χ4v) is 5.28. The van der Waals surface area contributed by atoms with Gasteiger partial charge in [-0.05, 0) is 25.4 Å². The zero-order chi connectivity index (χ0) is 21.6. The van der Waals surface area contributed by atoms with Crippen LogP contribution in [-0.2, 0) is 4.79 Å². The summed E-state index contributed by atoms with van der Waals surface area (Å²) in [7, 11) is 1.96. The van der Waals surface area contributed by atoms with Gasteiger partial charge in [0.25, 0.3) is 0 Å². The van der Waals surface area contributed by atoms with Crippen LogP contribution in [0.2, 0.25) is 0 Å². The molecule has 0 unspecified atom stereocenters. The summed E-state index contributed by atoms with van der Waals surface area (Å²) in [6, 6.07) is 7.02. The molecule has 30 heavy (non-hydrogen) atoms. The van der Waals surface area contributed by atoms with Crippen LogP contribution in [0.25, 0.3) is 0 Å². The second-order valence-corrected chi connectivity index (χ2v) is 9.27. The molecule has 2 aliphatic rings. The monoisotopic (exact) mass is 445 g/mol. The summed E-state index contributed by atoms with van der Waals surface area (Å²) in [5, 5.41) is 22.2. The van der Waals surface area contributed by atoms with Crippen LogP contribution >= 0.6 is 23.5 Å². The predicted octanol–water partition coefficient (Wildman–Crippen LogP) is 2.96. The summed E-state index contributed by atoms with van der Waals surface area (Å²) >= 11 is 3.23. The van der Waals surface area contributed by atoms with Crippen molar-refractivity contribution in [3.8, 4) is 18.1 Å². The number of benzene rings is 1. The number of phenols is 1. The first kappa shape index (κ1) is 22.7. The van der Waals surface area contributed by atoms with Crippen LogP contribution < -0.4 is 5.32 Å². The van der Waals surface area contributed by atoms with Crippen molar-refractivity contribution in [2.45, 2.75) is 36.3 Å². The zero-order valence-corrected chi connectivity index (χ0v) is 18.9. The summed E-state index contributed by atoms with van der Waals surface area (Å²) in [4.78, 5) is 19.4. The smallest absolute Gasteiger partial charge is 0.238 e. The Morgan fingerprint density at radius 2 is 2.23 bits per heavy atom. The predicted molar refractivity (Wildman–Crippen MR) is 124 cm³/mol. The molecule has 1 aromatic carbocycles. The highest BCUT2D eigenvalue weighted by atomic mass is 32.2. The number of nitrogens with one attached hydrogen (secondary N) is 1. The van der Waals surface area contributed by atoms with Gasteiger partial charge in [-0.1, -0.05) is 12.1 Å². The van der Waals surface area contributed by atoms with Crippen molar-refractivity contribution in [2.24, 2.45) is 15.2 Å². The van der Waals surface area contributed by atoms with Crippen molar-refractivity contribution in [1.82, 2.24) is 10.2 Å². The molecule has 0 aliphatic carbocycles. The molecular formula is C21H27N5O2S2. The summed E-state index contributed by atoms with van der Waals surface area (Å²) in [5.41, 5.74) is 0.365. The number of thioether (sulfide) groups is 2. The van der Waals surface area contributed by atoms with E-state index in [4.69, 9.17) is 11.4 Å². The molecule has 3 rings (SSSR count). The van der Waals surface area contributed by atoms with E-state index in [-0.39, 0.29) is 28.7 Å². The molecule has 2 N–H and O–H groups in total. The first-order valence-corrected chi connectivity index (χ1v) is 12.1. The number of likely N-dealkylation sites (N-methyl/N-ethyl adjacent to an activating group) is 1. The van der Waals surface area contributed by atoms with Gasteiger partial charge in [-0.15, -0.1) is 35.9 Å². The molecule has 2 heterocycles. The summed E-state index contributed by atoms with van der Waals surface area (Å²) < 4.78 is 0. The second-order valence-electron chi connectivity index (χ2n) is 7.26. The normalized spacial score (nSPS) is 22.6. The zero-order valence-electron chi connectivity index (χ0n) is 17.2. The molecule has 0 spiro atoms. The van der Waals surface area contributed by atoms with Gasteiger partial charge in [0, 0.05) is 37.1 Å². The summed E-state index contributed by atoms with van der Waals surface area (Å²) in [6.07, 6.45) is 9.33. The van der Waals surface area contributed by atoms with Crippen molar-refractivity contribution < 1.29 is 9.90 Å². The largest absolute Gasteiger partial charge is 0.507 e. The molecule has 1 saturated heterocycles. The molecule has 0 radical (unpaired) electrons. The molecule has 0 aromatic heterocycles. The van der Waals surface area contributed by atoms with Gasteiger partial charge < -0.3 is 10.4 Å². The third-order valence-corrected chi connectivity index (χ3v) is 7.40. The average molecular weight is 446 g/mol. The highest BCUT2D eigenvalue weighted by molar-refractivity contribution is 8.13. The van der Waals surface area contributed by atoms with Gasteiger partial charge in [-0.3, -0.25) is 14.7 Å². The number of nitrogens with zero attached hydrogens (tertiary/aromatic N) is 4. The van der Waals surface area contributed by atoms with Crippen molar-refractivity contribution in [3.63, 3.8) is 0 Å². The third kappa shape index (κ3) is 5.56. The molecule has 2 atom stereocenters. The van der Waals surface area contributed by atoms with Gasteiger partial charge in [0.05, 0.1) is 18.0 Å². The molecule has 1 amide bonds. The standard InChI is InChI=1S/C21H27N5O2S2/c1-4-5-10-21(24-25-21)11-12-22-19(28)16-14-30-18(26(16)2)13-23-20(29-3)15-8-6-7-9-17(15)27/h1,6-9,16,18,27H,5,10-14H2,2-3H3,(H,22,28)/b23-20-/t16-,18-/m1/s1.